The van der Waals surface area contributed by atoms with Gasteiger partial charge < -0.3 is 4.52 Å². The number of nitrogens with zero attached hydrogens (tertiary/aromatic N) is 2. The van der Waals surface area contributed by atoms with Gasteiger partial charge in [0.25, 0.3) is 0 Å². The monoisotopic (exact) mass is 264 g/mol. The number of aromatic nitrogens is 2. The van der Waals surface area contributed by atoms with Gasteiger partial charge in [-0.05, 0) is 31.0 Å². The normalized spacial score (nSPS) is 14.6. The van der Waals surface area contributed by atoms with Crippen molar-refractivity contribution in [3.05, 3.63) is 35.7 Å². The standard InChI is InChI=1S/C13H10F2N2O2/c14-9-4-3-8(5-10(9)15)13-16-12(19-17-13)6-11(18)7-1-2-7/h3-5,7H,1-2,6H2. The van der Waals surface area contributed by atoms with Gasteiger partial charge in [0.15, 0.2) is 11.6 Å². The summed E-state index contributed by atoms with van der Waals surface area (Å²) in [5.74, 6) is -1.34. The van der Waals surface area contributed by atoms with Crippen LogP contribution in [0.3, 0.4) is 0 Å². The molecule has 1 aromatic heterocycles. The molecule has 0 atom stereocenters. The molecule has 6 heteroatoms. The first-order valence-corrected chi connectivity index (χ1v) is 5.94. The average molecular weight is 264 g/mol. The Morgan fingerprint density at radius 2 is 2.11 bits per heavy atom. The second-order valence-corrected chi connectivity index (χ2v) is 4.56. The molecule has 1 heterocycles. The molecule has 98 valence electrons. The molecule has 19 heavy (non-hydrogen) atoms. The van der Waals surface area contributed by atoms with Gasteiger partial charge in [-0.25, -0.2) is 8.78 Å². The average Bonchev–Trinajstić information content (AvgIpc) is 3.14. The van der Waals surface area contributed by atoms with E-state index < -0.39 is 11.6 Å². The highest BCUT2D eigenvalue weighted by molar-refractivity contribution is 5.84. The molecular weight excluding hydrogens is 254 g/mol. The van der Waals surface area contributed by atoms with E-state index in [2.05, 4.69) is 10.1 Å². The molecule has 0 aliphatic heterocycles. The minimum atomic E-state index is -0.974. The number of ketones is 1. The van der Waals surface area contributed by atoms with Crippen LogP contribution in [0.5, 0.6) is 0 Å². The Morgan fingerprint density at radius 1 is 1.32 bits per heavy atom. The van der Waals surface area contributed by atoms with Gasteiger partial charge >= 0.3 is 0 Å². The van der Waals surface area contributed by atoms with Crippen LogP contribution < -0.4 is 0 Å². The lowest BCUT2D eigenvalue weighted by atomic mass is 10.2. The molecule has 1 aliphatic carbocycles. The van der Waals surface area contributed by atoms with Gasteiger partial charge in [-0.2, -0.15) is 4.98 Å². The van der Waals surface area contributed by atoms with E-state index in [0.29, 0.717) is 5.56 Å². The van der Waals surface area contributed by atoms with Crippen LogP contribution in [0.2, 0.25) is 0 Å². The zero-order valence-corrected chi connectivity index (χ0v) is 9.90. The van der Waals surface area contributed by atoms with E-state index in [9.17, 15) is 13.6 Å². The lowest BCUT2D eigenvalue weighted by molar-refractivity contribution is -0.119. The molecule has 4 nitrogen and oxygen atoms in total. The summed E-state index contributed by atoms with van der Waals surface area (Å²) < 4.78 is 30.8. The van der Waals surface area contributed by atoms with Crippen molar-refractivity contribution in [3.63, 3.8) is 0 Å². The van der Waals surface area contributed by atoms with Crippen LogP contribution >= 0.6 is 0 Å². The van der Waals surface area contributed by atoms with E-state index in [-0.39, 0.29) is 29.8 Å². The Labute approximate surface area is 107 Å². The predicted molar refractivity (Wildman–Crippen MR) is 61.1 cm³/mol. The molecule has 0 saturated heterocycles. The van der Waals surface area contributed by atoms with Crippen molar-refractivity contribution >= 4 is 5.78 Å². The highest BCUT2D eigenvalue weighted by atomic mass is 19.2. The van der Waals surface area contributed by atoms with Crippen molar-refractivity contribution in [1.29, 1.82) is 0 Å². The number of carbonyl (C=O) groups is 1. The van der Waals surface area contributed by atoms with Gasteiger partial charge in [-0.1, -0.05) is 5.16 Å². The van der Waals surface area contributed by atoms with Crippen LogP contribution in [0.25, 0.3) is 11.4 Å². The van der Waals surface area contributed by atoms with Crippen LogP contribution in [0, 0.1) is 17.6 Å². The molecular formula is C13H10F2N2O2. The smallest absolute Gasteiger partial charge is 0.234 e. The molecule has 0 amide bonds. The molecule has 1 fully saturated rings. The summed E-state index contributed by atoms with van der Waals surface area (Å²) >= 11 is 0. The molecule has 2 aromatic rings. The van der Waals surface area contributed by atoms with Crippen molar-refractivity contribution in [2.75, 3.05) is 0 Å². The van der Waals surface area contributed by atoms with E-state index in [0.717, 1.165) is 25.0 Å². The molecule has 0 spiro atoms. The molecule has 0 unspecified atom stereocenters. The van der Waals surface area contributed by atoms with Crippen LogP contribution in [-0.4, -0.2) is 15.9 Å². The first kappa shape index (κ1) is 12.0. The zero-order chi connectivity index (χ0) is 13.4. The van der Waals surface area contributed by atoms with E-state index in [1.165, 1.54) is 6.07 Å². The third-order valence-corrected chi connectivity index (χ3v) is 3.00. The van der Waals surface area contributed by atoms with Gasteiger partial charge in [0.2, 0.25) is 11.7 Å². The minimum absolute atomic E-state index is 0.0838. The van der Waals surface area contributed by atoms with Crippen molar-refractivity contribution in [1.82, 2.24) is 10.1 Å². The van der Waals surface area contributed by atoms with Gasteiger partial charge in [0.1, 0.15) is 5.78 Å². The summed E-state index contributed by atoms with van der Waals surface area (Å²) in [5, 5.41) is 3.66. The van der Waals surface area contributed by atoms with Crippen molar-refractivity contribution in [3.8, 4) is 11.4 Å². The Morgan fingerprint density at radius 3 is 2.79 bits per heavy atom. The van der Waals surface area contributed by atoms with Gasteiger partial charge in [0.05, 0.1) is 6.42 Å². The van der Waals surface area contributed by atoms with Gasteiger partial charge in [0, 0.05) is 11.5 Å². The molecule has 1 aliphatic rings. The first-order valence-electron chi connectivity index (χ1n) is 5.94. The predicted octanol–water partition coefficient (Wildman–Crippen LogP) is 2.54. The largest absolute Gasteiger partial charge is 0.339 e. The van der Waals surface area contributed by atoms with Crippen LogP contribution in [0.1, 0.15) is 18.7 Å². The number of Topliss-reactive ketones (excluding diaryl/α,β-unsaturated/α-hetero) is 1. The maximum atomic E-state index is 13.1. The zero-order valence-electron chi connectivity index (χ0n) is 9.90. The Balaban J connectivity index is 1.79. The number of hydrogen-bond acceptors (Lipinski definition) is 4. The van der Waals surface area contributed by atoms with Crippen molar-refractivity contribution in [2.45, 2.75) is 19.3 Å². The Kier molecular flexibility index (Phi) is 2.85. The number of halogens is 2. The molecule has 3 rings (SSSR count). The quantitative estimate of drug-likeness (QED) is 0.851. The first-order chi connectivity index (χ1) is 9.13. The van der Waals surface area contributed by atoms with E-state index >= 15 is 0 Å². The lowest BCUT2D eigenvalue weighted by Crippen LogP contribution is -2.04. The third-order valence-electron chi connectivity index (χ3n) is 3.00. The highest BCUT2D eigenvalue weighted by Crippen LogP contribution is 2.31. The van der Waals surface area contributed by atoms with E-state index in [1.54, 1.807) is 0 Å². The second kappa shape index (κ2) is 4.53. The van der Waals surface area contributed by atoms with Gasteiger partial charge in [-0.15, -0.1) is 0 Å². The molecule has 1 aromatic carbocycles. The lowest BCUT2D eigenvalue weighted by Gasteiger charge is -1.95. The SMILES string of the molecule is O=C(Cc1nc(-c2ccc(F)c(F)c2)no1)C1CC1. The minimum Gasteiger partial charge on any atom is -0.339 e. The van der Waals surface area contributed by atoms with Gasteiger partial charge in [-0.3, -0.25) is 4.79 Å². The topological polar surface area (TPSA) is 56.0 Å². The maximum absolute atomic E-state index is 13.1. The fourth-order valence-electron chi connectivity index (χ4n) is 1.78. The summed E-state index contributed by atoms with van der Waals surface area (Å²) in [6.45, 7) is 0. The fraction of sp³-hybridized carbons (Fsp3) is 0.308. The van der Waals surface area contributed by atoms with Crippen molar-refractivity contribution < 1.29 is 18.1 Å². The molecule has 1 saturated carbocycles. The Hall–Kier alpha value is -2.11. The molecule has 0 radical (unpaired) electrons. The fourth-order valence-corrected chi connectivity index (χ4v) is 1.78. The molecule has 0 bridgehead atoms. The maximum Gasteiger partial charge on any atom is 0.234 e. The number of hydrogen-bond donors (Lipinski definition) is 0. The van der Waals surface area contributed by atoms with Crippen LogP contribution in [0.4, 0.5) is 8.78 Å². The van der Waals surface area contributed by atoms with Crippen LogP contribution in [-0.2, 0) is 11.2 Å². The summed E-state index contributed by atoms with van der Waals surface area (Å²) in [7, 11) is 0. The Bertz CT molecular complexity index is 635. The summed E-state index contributed by atoms with van der Waals surface area (Å²) in [6.07, 6.45) is 1.94. The number of rotatable bonds is 4. The molecule has 0 N–H and O–H groups in total. The summed E-state index contributed by atoms with van der Waals surface area (Å²) in [4.78, 5) is 15.6. The third kappa shape index (κ3) is 2.52. The summed E-state index contributed by atoms with van der Waals surface area (Å²) in [6, 6.07) is 3.35. The van der Waals surface area contributed by atoms with Crippen molar-refractivity contribution in [2.24, 2.45) is 5.92 Å². The van der Waals surface area contributed by atoms with E-state index in [4.69, 9.17) is 4.52 Å². The van der Waals surface area contributed by atoms with E-state index in [1.807, 2.05) is 0 Å². The highest BCUT2D eigenvalue weighted by Gasteiger charge is 2.30. The second-order valence-electron chi connectivity index (χ2n) is 4.56. The number of benzene rings is 1. The number of carbonyl (C=O) groups excluding carboxylic acids is 1. The summed E-state index contributed by atoms with van der Waals surface area (Å²) in [5.41, 5.74) is 0.313. The van der Waals surface area contributed by atoms with Crippen LogP contribution in [0.15, 0.2) is 22.7 Å².